The van der Waals surface area contributed by atoms with Gasteiger partial charge in [0.2, 0.25) is 5.91 Å². The van der Waals surface area contributed by atoms with Gasteiger partial charge in [-0.1, -0.05) is 12.1 Å². The van der Waals surface area contributed by atoms with Crippen LogP contribution < -0.4 is 15.6 Å². The monoisotopic (exact) mass is 638 g/mol. The number of hydrogen-bond donors (Lipinski definition) is 2. The van der Waals surface area contributed by atoms with Gasteiger partial charge in [0.05, 0.1) is 18.0 Å². The number of carbonyl (C=O) groups excluding carboxylic acids is 1. The van der Waals surface area contributed by atoms with Gasteiger partial charge in [0.15, 0.2) is 0 Å². The van der Waals surface area contributed by atoms with Crippen LogP contribution >= 0.6 is 0 Å². The average Bonchev–Trinajstić information content (AvgIpc) is 3.81. The van der Waals surface area contributed by atoms with E-state index < -0.39 is 76.4 Å². The molecule has 3 aromatic carbocycles. The van der Waals surface area contributed by atoms with Crippen molar-refractivity contribution in [2.75, 3.05) is 0 Å². The molecule has 1 aliphatic heterocycles. The van der Waals surface area contributed by atoms with E-state index in [0.717, 1.165) is 18.3 Å². The molecule has 6 rings (SSSR count). The fourth-order valence-electron chi connectivity index (χ4n) is 6.08. The van der Waals surface area contributed by atoms with Gasteiger partial charge >= 0.3 is 12.1 Å². The zero-order chi connectivity index (χ0) is 33.1. The van der Waals surface area contributed by atoms with Crippen LogP contribution in [0.2, 0.25) is 0 Å². The fraction of sp³-hybridized carbons (Fsp3) is 0.265. The molecule has 1 aliphatic carbocycles. The van der Waals surface area contributed by atoms with E-state index in [4.69, 9.17) is 4.74 Å². The van der Waals surface area contributed by atoms with Crippen molar-refractivity contribution in [1.29, 1.82) is 0 Å². The molecule has 0 spiro atoms. The quantitative estimate of drug-likeness (QED) is 0.228. The number of rotatable bonds is 4. The third-order valence-corrected chi connectivity index (χ3v) is 8.34. The Labute approximate surface area is 259 Å². The van der Waals surface area contributed by atoms with E-state index in [1.807, 2.05) is 0 Å². The number of hydrogen-bond acceptors (Lipinski definition) is 4. The number of aliphatic carboxylic acids is 1. The SMILES string of the molecule is Cc1cc2cc(c1F)[C@@H](CC(=O)O)NC(=O)[C@@H](n1ccc(C(F)(F)F)c(C3CC3)c1=O)c1cc(ccc1F)Oc1cccc(C)c1-2. The van der Waals surface area contributed by atoms with Crippen LogP contribution in [0.3, 0.4) is 0 Å². The van der Waals surface area contributed by atoms with E-state index in [-0.39, 0.29) is 22.6 Å². The van der Waals surface area contributed by atoms with Crippen molar-refractivity contribution in [2.45, 2.75) is 57.3 Å². The highest BCUT2D eigenvalue weighted by Crippen LogP contribution is 2.45. The smallest absolute Gasteiger partial charge is 0.416 e. The molecule has 2 atom stereocenters. The van der Waals surface area contributed by atoms with Crippen molar-refractivity contribution in [3.63, 3.8) is 0 Å². The van der Waals surface area contributed by atoms with Gasteiger partial charge in [0, 0.05) is 28.5 Å². The molecule has 1 amide bonds. The van der Waals surface area contributed by atoms with Gasteiger partial charge in [-0.15, -0.1) is 0 Å². The lowest BCUT2D eigenvalue weighted by atomic mass is 9.92. The number of pyridine rings is 1. The van der Waals surface area contributed by atoms with E-state index in [2.05, 4.69) is 5.32 Å². The van der Waals surface area contributed by atoms with Crippen molar-refractivity contribution in [3.8, 4) is 22.6 Å². The average molecular weight is 639 g/mol. The van der Waals surface area contributed by atoms with Gasteiger partial charge < -0.3 is 15.2 Å². The molecule has 0 saturated heterocycles. The molecule has 46 heavy (non-hydrogen) atoms. The summed E-state index contributed by atoms with van der Waals surface area (Å²) in [6, 6.07) is 8.75. The second kappa shape index (κ2) is 11.4. The van der Waals surface area contributed by atoms with E-state index >= 15 is 8.78 Å². The molecule has 4 bridgehead atoms. The Bertz CT molecular complexity index is 1960. The lowest BCUT2D eigenvalue weighted by Crippen LogP contribution is -2.41. The van der Waals surface area contributed by atoms with Crippen LogP contribution in [-0.2, 0) is 15.8 Å². The molecular weight excluding hydrogens is 611 g/mol. The summed E-state index contributed by atoms with van der Waals surface area (Å²) < 4.78 is 80.2. The summed E-state index contributed by atoms with van der Waals surface area (Å²) in [6.07, 6.45) is -4.24. The molecule has 238 valence electrons. The molecular formula is C34H27F5N2O5. The summed E-state index contributed by atoms with van der Waals surface area (Å²) in [7, 11) is 0. The van der Waals surface area contributed by atoms with Gasteiger partial charge in [0.25, 0.3) is 5.56 Å². The van der Waals surface area contributed by atoms with Crippen LogP contribution in [0.1, 0.15) is 70.6 Å². The number of fused-ring (bicyclic) bond motifs is 6. The number of halogens is 5. The molecule has 1 fully saturated rings. The van der Waals surface area contributed by atoms with Gasteiger partial charge in [-0.3, -0.25) is 19.0 Å². The first-order valence-electron chi connectivity index (χ1n) is 14.5. The van der Waals surface area contributed by atoms with Crippen molar-refractivity contribution in [3.05, 3.63) is 116 Å². The highest BCUT2D eigenvalue weighted by molar-refractivity contribution is 5.85. The Morgan fingerprint density at radius 3 is 2.41 bits per heavy atom. The predicted octanol–water partition coefficient (Wildman–Crippen LogP) is 7.33. The number of ether oxygens (including phenoxy) is 1. The highest BCUT2D eigenvalue weighted by Gasteiger charge is 2.42. The third kappa shape index (κ3) is 5.63. The van der Waals surface area contributed by atoms with Crippen LogP contribution in [0.15, 0.2) is 65.6 Å². The standard InChI is InChI=1S/C34H27F5N2O5/c1-16-4-3-5-26-28(16)19-12-17(2)30(36)22(13-19)25(15-27(42)43)40-32(44)31(21-14-20(46-26)8-9-24(21)35)41-11-10-23(34(37,38)39)29(33(41)45)18-6-7-18/h3-5,8-14,18,25,31H,6-7,15H2,1-2H3,(H,40,44)(H,42,43)/t25-,31+/m1/s1. The van der Waals surface area contributed by atoms with E-state index in [0.29, 0.717) is 40.2 Å². The Hall–Kier alpha value is -5.00. The van der Waals surface area contributed by atoms with Crippen LogP contribution in [0.5, 0.6) is 11.5 Å². The number of nitrogens with one attached hydrogen (secondary N) is 1. The predicted molar refractivity (Wildman–Crippen MR) is 157 cm³/mol. The van der Waals surface area contributed by atoms with Gasteiger partial charge in [-0.2, -0.15) is 13.2 Å². The number of aryl methyl sites for hydroxylation is 2. The van der Waals surface area contributed by atoms with Crippen LogP contribution in [0.4, 0.5) is 22.0 Å². The number of nitrogens with zero attached hydrogens (tertiary/aromatic N) is 1. The maximum Gasteiger partial charge on any atom is 0.416 e. The van der Waals surface area contributed by atoms with E-state index in [1.54, 1.807) is 31.2 Å². The van der Waals surface area contributed by atoms with Crippen molar-refractivity contribution in [1.82, 2.24) is 9.88 Å². The van der Waals surface area contributed by atoms with Crippen LogP contribution in [-0.4, -0.2) is 21.6 Å². The lowest BCUT2D eigenvalue weighted by molar-refractivity contribution is -0.139. The molecule has 2 aliphatic rings. The molecule has 0 unspecified atom stereocenters. The Balaban J connectivity index is 1.64. The first kappa shape index (κ1) is 31.0. The minimum atomic E-state index is -4.86. The minimum absolute atomic E-state index is 0.0452. The second-order valence-corrected chi connectivity index (χ2v) is 11.6. The number of carbonyl (C=O) groups is 2. The van der Waals surface area contributed by atoms with Crippen molar-refractivity contribution >= 4 is 11.9 Å². The number of benzene rings is 3. The number of carboxylic acid groups (broad SMARTS) is 1. The molecule has 1 aromatic heterocycles. The first-order chi connectivity index (χ1) is 21.7. The number of aromatic nitrogens is 1. The van der Waals surface area contributed by atoms with Crippen molar-refractivity contribution < 1.29 is 41.4 Å². The van der Waals surface area contributed by atoms with E-state index in [9.17, 15) is 32.7 Å². The third-order valence-electron chi connectivity index (χ3n) is 8.34. The molecule has 0 radical (unpaired) electrons. The summed E-state index contributed by atoms with van der Waals surface area (Å²) in [6.45, 7) is 3.26. The maximum atomic E-state index is 15.8. The largest absolute Gasteiger partial charge is 0.481 e. The lowest BCUT2D eigenvalue weighted by Gasteiger charge is -2.26. The number of carboxylic acids is 1. The summed E-state index contributed by atoms with van der Waals surface area (Å²) in [5, 5.41) is 12.2. The molecule has 7 nitrogen and oxygen atoms in total. The summed E-state index contributed by atoms with van der Waals surface area (Å²) >= 11 is 0. The summed E-state index contributed by atoms with van der Waals surface area (Å²) in [5.74, 6) is -4.69. The van der Waals surface area contributed by atoms with Gasteiger partial charge in [-0.25, -0.2) is 8.78 Å². The maximum absolute atomic E-state index is 15.8. The van der Waals surface area contributed by atoms with Gasteiger partial charge in [-0.05, 0) is 91.8 Å². The number of amides is 1. The Morgan fingerprint density at radius 1 is 1.00 bits per heavy atom. The van der Waals surface area contributed by atoms with Crippen LogP contribution in [0, 0.1) is 25.5 Å². The fourth-order valence-corrected chi connectivity index (χ4v) is 6.08. The zero-order valence-corrected chi connectivity index (χ0v) is 24.5. The second-order valence-electron chi connectivity index (χ2n) is 11.6. The van der Waals surface area contributed by atoms with Gasteiger partial charge in [0.1, 0.15) is 29.2 Å². The molecule has 2 N–H and O–H groups in total. The summed E-state index contributed by atoms with van der Waals surface area (Å²) in [4.78, 5) is 39.9. The number of alkyl halides is 3. The Morgan fingerprint density at radius 2 is 1.74 bits per heavy atom. The molecule has 12 heteroatoms. The zero-order valence-electron chi connectivity index (χ0n) is 24.5. The molecule has 4 aromatic rings. The minimum Gasteiger partial charge on any atom is -0.481 e. The van der Waals surface area contributed by atoms with Crippen molar-refractivity contribution in [2.24, 2.45) is 0 Å². The molecule has 1 saturated carbocycles. The van der Waals surface area contributed by atoms with E-state index in [1.165, 1.54) is 19.1 Å². The highest BCUT2D eigenvalue weighted by atomic mass is 19.4. The summed E-state index contributed by atoms with van der Waals surface area (Å²) in [5.41, 5.74) is -1.62. The first-order valence-corrected chi connectivity index (χ1v) is 14.5. The molecule has 2 heterocycles. The normalized spacial score (nSPS) is 17.9. The Kier molecular flexibility index (Phi) is 7.69. The topological polar surface area (TPSA) is 97.6 Å². The van der Waals surface area contributed by atoms with Crippen LogP contribution in [0.25, 0.3) is 11.1 Å².